The number of benzene rings is 1. The highest BCUT2D eigenvalue weighted by molar-refractivity contribution is 7.18. The average molecular weight is 306 g/mol. The maximum absolute atomic E-state index is 6.15. The van der Waals surface area contributed by atoms with Crippen molar-refractivity contribution < 1.29 is 4.74 Å². The standard InChI is InChI=1S/C14H12ClN3OS/c1-7-3-4-10(15)11(5-7)19-12-9-6-8(2)20-13(9)18-14(16)17-12/h3-6H,1-2H3,(H2,16,17,18). The number of nitrogens with two attached hydrogens (primary N) is 1. The van der Waals surface area contributed by atoms with Crippen LogP contribution in [0.4, 0.5) is 5.95 Å². The molecule has 6 heteroatoms. The van der Waals surface area contributed by atoms with E-state index in [1.54, 1.807) is 17.4 Å². The molecule has 2 heterocycles. The van der Waals surface area contributed by atoms with Gasteiger partial charge in [-0.1, -0.05) is 17.7 Å². The zero-order chi connectivity index (χ0) is 14.3. The fourth-order valence-electron chi connectivity index (χ4n) is 1.90. The van der Waals surface area contributed by atoms with Crippen molar-refractivity contribution in [3.05, 3.63) is 39.7 Å². The van der Waals surface area contributed by atoms with Crippen LogP contribution < -0.4 is 10.5 Å². The summed E-state index contributed by atoms with van der Waals surface area (Å²) in [7, 11) is 0. The Hall–Kier alpha value is -1.85. The predicted octanol–water partition coefficient (Wildman–Crippen LogP) is 4.34. The van der Waals surface area contributed by atoms with E-state index < -0.39 is 0 Å². The monoisotopic (exact) mass is 305 g/mol. The molecule has 0 amide bonds. The Bertz CT molecular complexity index is 800. The van der Waals surface area contributed by atoms with Gasteiger partial charge in [0.1, 0.15) is 10.6 Å². The molecule has 0 fully saturated rings. The Labute approximate surface area is 125 Å². The zero-order valence-corrected chi connectivity index (χ0v) is 12.5. The molecular formula is C14H12ClN3OS. The van der Waals surface area contributed by atoms with E-state index >= 15 is 0 Å². The maximum atomic E-state index is 6.15. The number of hydrogen-bond donors (Lipinski definition) is 1. The highest BCUT2D eigenvalue weighted by Crippen LogP contribution is 2.35. The molecule has 20 heavy (non-hydrogen) atoms. The van der Waals surface area contributed by atoms with Crippen LogP contribution in [0.2, 0.25) is 5.02 Å². The number of halogens is 1. The van der Waals surface area contributed by atoms with Gasteiger partial charge in [-0.05, 0) is 37.6 Å². The zero-order valence-electron chi connectivity index (χ0n) is 11.0. The van der Waals surface area contributed by atoms with Gasteiger partial charge < -0.3 is 10.5 Å². The molecule has 0 aliphatic rings. The summed E-state index contributed by atoms with van der Waals surface area (Å²) in [5, 5.41) is 1.38. The van der Waals surface area contributed by atoms with Gasteiger partial charge in [0.25, 0.3) is 0 Å². The molecule has 0 saturated heterocycles. The van der Waals surface area contributed by atoms with E-state index in [0.717, 1.165) is 20.7 Å². The van der Waals surface area contributed by atoms with E-state index in [2.05, 4.69) is 9.97 Å². The third-order valence-corrected chi connectivity index (χ3v) is 4.05. The Kier molecular flexibility index (Phi) is 3.23. The Morgan fingerprint density at radius 1 is 1.20 bits per heavy atom. The summed E-state index contributed by atoms with van der Waals surface area (Å²) < 4.78 is 5.84. The Morgan fingerprint density at radius 3 is 2.80 bits per heavy atom. The van der Waals surface area contributed by atoms with Gasteiger partial charge in [-0.25, -0.2) is 4.98 Å². The second-order valence-electron chi connectivity index (χ2n) is 4.50. The molecule has 0 saturated carbocycles. The third-order valence-electron chi connectivity index (χ3n) is 2.79. The minimum atomic E-state index is 0.193. The summed E-state index contributed by atoms with van der Waals surface area (Å²) in [4.78, 5) is 10.3. The van der Waals surface area contributed by atoms with Crippen LogP contribution in [-0.2, 0) is 0 Å². The molecule has 102 valence electrons. The van der Waals surface area contributed by atoms with Gasteiger partial charge in [-0.3, -0.25) is 0 Å². The summed E-state index contributed by atoms with van der Waals surface area (Å²) in [6.45, 7) is 3.98. The lowest BCUT2D eigenvalue weighted by Gasteiger charge is -2.08. The van der Waals surface area contributed by atoms with E-state index in [-0.39, 0.29) is 5.95 Å². The molecule has 0 bridgehead atoms. The number of anilines is 1. The second kappa shape index (κ2) is 4.92. The SMILES string of the molecule is Cc1ccc(Cl)c(Oc2nc(N)nc3sc(C)cc23)c1. The molecular weight excluding hydrogens is 294 g/mol. The fourth-order valence-corrected chi connectivity index (χ4v) is 2.94. The maximum Gasteiger partial charge on any atom is 0.232 e. The number of nitrogen functional groups attached to an aromatic ring is 1. The molecule has 0 atom stereocenters. The van der Waals surface area contributed by atoms with Gasteiger partial charge in [0.05, 0.1) is 10.4 Å². The molecule has 2 aromatic heterocycles. The van der Waals surface area contributed by atoms with Crippen LogP contribution in [-0.4, -0.2) is 9.97 Å². The van der Waals surface area contributed by atoms with Crippen molar-refractivity contribution in [3.8, 4) is 11.6 Å². The van der Waals surface area contributed by atoms with E-state index in [0.29, 0.717) is 16.7 Å². The number of rotatable bonds is 2. The minimum absolute atomic E-state index is 0.193. The van der Waals surface area contributed by atoms with Crippen LogP contribution in [0.5, 0.6) is 11.6 Å². The summed E-state index contributed by atoms with van der Waals surface area (Å²) >= 11 is 7.70. The molecule has 2 N–H and O–H groups in total. The van der Waals surface area contributed by atoms with Crippen molar-refractivity contribution in [1.29, 1.82) is 0 Å². The lowest BCUT2D eigenvalue weighted by atomic mass is 10.2. The quantitative estimate of drug-likeness (QED) is 0.765. The van der Waals surface area contributed by atoms with Gasteiger partial charge in [0.2, 0.25) is 11.8 Å². The molecule has 0 unspecified atom stereocenters. The third kappa shape index (κ3) is 2.42. The summed E-state index contributed by atoms with van der Waals surface area (Å²) in [5.74, 6) is 1.19. The molecule has 0 aliphatic heterocycles. The molecule has 0 aliphatic carbocycles. The Morgan fingerprint density at radius 2 is 2.00 bits per heavy atom. The highest BCUT2D eigenvalue weighted by atomic mass is 35.5. The topological polar surface area (TPSA) is 61.0 Å². The number of fused-ring (bicyclic) bond motifs is 1. The van der Waals surface area contributed by atoms with E-state index in [4.69, 9.17) is 22.1 Å². The van der Waals surface area contributed by atoms with Crippen molar-refractivity contribution in [3.63, 3.8) is 0 Å². The van der Waals surface area contributed by atoms with Crippen LogP contribution in [0.15, 0.2) is 24.3 Å². The van der Waals surface area contributed by atoms with Crippen LogP contribution >= 0.6 is 22.9 Å². The van der Waals surface area contributed by atoms with Crippen molar-refractivity contribution in [2.24, 2.45) is 0 Å². The molecule has 0 spiro atoms. The van der Waals surface area contributed by atoms with Crippen LogP contribution in [0.3, 0.4) is 0 Å². The van der Waals surface area contributed by atoms with Crippen LogP contribution in [0, 0.1) is 13.8 Å². The van der Waals surface area contributed by atoms with Crippen LogP contribution in [0.1, 0.15) is 10.4 Å². The van der Waals surface area contributed by atoms with Crippen molar-refractivity contribution in [2.45, 2.75) is 13.8 Å². The first-order valence-electron chi connectivity index (χ1n) is 6.00. The number of aryl methyl sites for hydroxylation is 2. The molecule has 3 aromatic rings. The lowest BCUT2D eigenvalue weighted by molar-refractivity contribution is 0.469. The minimum Gasteiger partial charge on any atom is -0.437 e. The summed E-state index contributed by atoms with van der Waals surface area (Å²) in [5.41, 5.74) is 6.79. The lowest BCUT2D eigenvalue weighted by Crippen LogP contribution is -1.97. The van der Waals surface area contributed by atoms with Gasteiger partial charge in [-0.2, -0.15) is 4.98 Å². The molecule has 1 aromatic carbocycles. The number of aromatic nitrogens is 2. The largest absolute Gasteiger partial charge is 0.437 e. The van der Waals surface area contributed by atoms with Crippen molar-refractivity contribution >= 4 is 39.1 Å². The Balaban J connectivity index is 2.12. The first kappa shape index (κ1) is 13.1. The number of nitrogens with zero attached hydrogens (tertiary/aromatic N) is 2. The normalized spacial score (nSPS) is 10.9. The summed E-state index contributed by atoms with van der Waals surface area (Å²) in [6.07, 6.45) is 0. The summed E-state index contributed by atoms with van der Waals surface area (Å²) in [6, 6.07) is 7.57. The first-order valence-corrected chi connectivity index (χ1v) is 7.20. The fraction of sp³-hybridized carbons (Fsp3) is 0.143. The van der Waals surface area contributed by atoms with E-state index in [1.807, 2.05) is 32.0 Å². The molecule has 4 nitrogen and oxygen atoms in total. The van der Waals surface area contributed by atoms with Gasteiger partial charge >= 0.3 is 0 Å². The van der Waals surface area contributed by atoms with E-state index in [1.165, 1.54) is 0 Å². The van der Waals surface area contributed by atoms with Gasteiger partial charge in [0, 0.05) is 4.88 Å². The molecule has 0 radical (unpaired) electrons. The van der Waals surface area contributed by atoms with Crippen LogP contribution in [0.25, 0.3) is 10.2 Å². The first-order chi connectivity index (χ1) is 9.52. The number of ether oxygens (including phenoxy) is 1. The number of hydrogen-bond acceptors (Lipinski definition) is 5. The highest BCUT2D eigenvalue weighted by Gasteiger charge is 2.13. The van der Waals surface area contributed by atoms with Gasteiger partial charge in [0.15, 0.2) is 0 Å². The second-order valence-corrected chi connectivity index (χ2v) is 6.14. The van der Waals surface area contributed by atoms with Crippen molar-refractivity contribution in [2.75, 3.05) is 5.73 Å². The van der Waals surface area contributed by atoms with Gasteiger partial charge in [-0.15, -0.1) is 11.3 Å². The number of thiophene rings is 1. The predicted molar refractivity (Wildman–Crippen MR) is 82.8 cm³/mol. The smallest absolute Gasteiger partial charge is 0.232 e. The average Bonchev–Trinajstić information content (AvgIpc) is 2.74. The molecule has 3 rings (SSSR count). The van der Waals surface area contributed by atoms with Crippen molar-refractivity contribution in [1.82, 2.24) is 9.97 Å². The van der Waals surface area contributed by atoms with E-state index in [9.17, 15) is 0 Å².